The van der Waals surface area contributed by atoms with Crippen LogP contribution in [-0.4, -0.2) is 47.8 Å². The monoisotopic (exact) mass is 404 g/mol. The van der Waals surface area contributed by atoms with Crippen molar-refractivity contribution in [3.63, 3.8) is 0 Å². The van der Waals surface area contributed by atoms with E-state index >= 15 is 0 Å². The van der Waals surface area contributed by atoms with Gasteiger partial charge in [0, 0.05) is 38.2 Å². The molecule has 142 valence electrons. The van der Waals surface area contributed by atoms with E-state index in [4.69, 9.17) is 23.2 Å². The maximum absolute atomic E-state index is 12.7. The first-order valence-electron chi connectivity index (χ1n) is 9.10. The molecule has 3 rings (SSSR count). The number of carbonyl (C=O) groups is 2. The minimum Gasteiger partial charge on any atom is -0.341 e. The molecule has 0 radical (unpaired) electrons. The average Bonchev–Trinajstić information content (AvgIpc) is 2.95. The van der Waals surface area contributed by atoms with E-state index in [1.165, 1.54) is 0 Å². The molecule has 6 heteroatoms. The Morgan fingerprint density at radius 1 is 0.852 bits per heavy atom. The van der Waals surface area contributed by atoms with Gasteiger partial charge < -0.3 is 9.80 Å². The van der Waals surface area contributed by atoms with E-state index < -0.39 is 0 Å². The minimum atomic E-state index is -0.0767. The van der Waals surface area contributed by atoms with Crippen molar-refractivity contribution in [1.29, 1.82) is 0 Å². The fourth-order valence-corrected chi connectivity index (χ4v) is 3.53. The zero-order valence-electron chi connectivity index (χ0n) is 15.0. The van der Waals surface area contributed by atoms with E-state index in [1.54, 1.807) is 23.1 Å². The van der Waals surface area contributed by atoms with Gasteiger partial charge in [0.1, 0.15) is 0 Å². The molecule has 1 saturated heterocycles. The first-order chi connectivity index (χ1) is 13.0. The average molecular weight is 405 g/mol. The molecule has 1 aliphatic heterocycles. The van der Waals surface area contributed by atoms with E-state index in [1.807, 2.05) is 35.2 Å². The molecule has 1 aliphatic rings. The molecule has 0 saturated carbocycles. The second-order valence-corrected chi connectivity index (χ2v) is 7.46. The molecule has 2 aromatic rings. The fourth-order valence-electron chi connectivity index (χ4n) is 3.24. The number of nitrogens with zero attached hydrogens (tertiary/aromatic N) is 2. The molecular formula is C21H22Cl2N2O2. The molecule has 2 aromatic carbocycles. The summed E-state index contributed by atoms with van der Waals surface area (Å²) in [6, 6.07) is 14.9. The molecule has 0 N–H and O–H groups in total. The molecule has 0 unspecified atom stereocenters. The Kier molecular flexibility index (Phi) is 6.75. The van der Waals surface area contributed by atoms with Crippen LogP contribution in [0.3, 0.4) is 0 Å². The van der Waals surface area contributed by atoms with Gasteiger partial charge in [0.25, 0.3) is 5.91 Å². The molecule has 1 fully saturated rings. The number of hydrogen-bond acceptors (Lipinski definition) is 2. The van der Waals surface area contributed by atoms with Crippen molar-refractivity contribution < 1.29 is 9.59 Å². The summed E-state index contributed by atoms with van der Waals surface area (Å²) in [5, 5.41) is 0.800. The van der Waals surface area contributed by atoms with Gasteiger partial charge in [-0.2, -0.15) is 0 Å². The van der Waals surface area contributed by atoms with Crippen LogP contribution in [-0.2, 0) is 11.2 Å². The lowest BCUT2D eigenvalue weighted by molar-refractivity contribution is -0.131. The SMILES string of the molecule is O=C(CCc1ccccc1)N1CCCN(C(=O)c2ccc(Cl)c(Cl)c2)CC1. The van der Waals surface area contributed by atoms with Crippen LogP contribution < -0.4 is 0 Å². The summed E-state index contributed by atoms with van der Waals surface area (Å²) < 4.78 is 0. The molecule has 1 heterocycles. The first-order valence-corrected chi connectivity index (χ1v) is 9.86. The number of benzene rings is 2. The first kappa shape index (κ1) is 19.7. The Morgan fingerprint density at radius 2 is 1.56 bits per heavy atom. The second kappa shape index (κ2) is 9.25. The largest absolute Gasteiger partial charge is 0.341 e. The summed E-state index contributed by atoms with van der Waals surface area (Å²) in [4.78, 5) is 28.9. The molecular weight excluding hydrogens is 383 g/mol. The maximum Gasteiger partial charge on any atom is 0.253 e. The highest BCUT2D eigenvalue weighted by Crippen LogP contribution is 2.23. The van der Waals surface area contributed by atoms with E-state index in [0.717, 1.165) is 18.4 Å². The van der Waals surface area contributed by atoms with Crippen LogP contribution in [0.25, 0.3) is 0 Å². The maximum atomic E-state index is 12.7. The van der Waals surface area contributed by atoms with E-state index in [2.05, 4.69) is 0 Å². The van der Waals surface area contributed by atoms with Crippen molar-refractivity contribution in [1.82, 2.24) is 9.80 Å². The third-order valence-electron chi connectivity index (χ3n) is 4.77. The van der Waals surface area contributed by atoms with Gasteiger partial charge in [-0.15, -0.1) is 0 Å². The Balaban J connectivity index is 1.55. The molecule has 2 amide bonds. The number of hydrogen-bond donors (Lipinski definition) is 0. The van der Waals surface area contributed by atoms with E-state index in [9.17, 15) is 9.59 Å². The molecule has 0 atom stereocenters. The van der Waals surface area contributed by atoms with Gasteiger partial charge >= 0.3 is 0 Å². The highest BCUT2D eigenvalue weighted by Gasteiger charge is 2.23. The van der Waals surface area contributed by atoms with Crippen LogP contribution in [0.2, 0.25) is 10.0 Å². The zero-order valence-corrected chi connectivity index (χ0v) is 16.5. The third-order valence-corrected chi connectivity index (χ3v) is 5.51. The van der Waals surface area contributed by atoms with Gasteiger partial charge in [-0.25, -0.2) is 0 Å². The summed E-state index contributed by atoms with van der Waals surface area (Å²) in [6.07, 6.45) is 2.00. The minimum absolute atomic E-state index is 0.0767. The molecule has 0 aliphatic carbocycles. The summed E-state index contributed by atoms with van der Waals surface area (Å²) in [5.74, 6) is 0.0647. The molecule has 0 aromatic heterocycles. The lowest BCUT2D eigenvalue weighted by Crippen LogP contribution is -2.37. The number of rotatable bonds is 4. The molecule has 0 spiro atoms. The van der Waals surface area contributed by atoms with Crippen molar-refractivity contribution in [3.8, 4) is 0 Å². The van der Waals surface area contributed by atoms with E-state index in [-0.39, 0.29) is 11.8 Å². The Morgan fingerprint density at radius 3 is 2.30 bits per heavy atom. The van der Waals surface area contributed by atoms with Crippen LogP contribution in [0.15, 0.2) is 48.5 Å². The Hall–Kier alpha value is -2.04. The topological polar surface area (TPSA) is 40.6 Å². The quantitative estimate of drug-likeness (QED) is 0.761. The summed E-state index contributed by atoms with van der Waals surface area (Å²) in [7, 11) is 0. The van der Waals surface area contributed by atoms with Gasteiger partial charge in [0.05, 0.1) is 10.0 Å². The van der Waals surface area contributed by atoms with Crippen molar-refractivity contribution in [3.05, 3.63) is 69.7 Å². The van der Waals surface area contributed by atoms with Gasteiger partial charge in [-0.3, -0.25) is 9.59 Å². The van der Waals surface area contributed by atoms with Crippen molar-refractivity contribution in [2.24, 2.45) is 0 Å². The lowest BCUT2D eigenvalue weighted by Gasteiger charge is -2.22. The molecule has 27 heavy (non-hydrogen) atoms. The van der Waals surface area contributed by atoms with Crippen LogP contribution in [0.1, 0.15) is 28.8 Å². The summed E-state index contributed by atoms with van der Waals surface area (Å²) in [5.41, 5.74) is 1.69. The van der Waals surface area contributed by atoms with Crippen LogP contribution in [0.4, 0.5) is 0 Å². The van der Waals surface area contributed by atoms with Crippen LogP contribution >= 0.6 is 23.2 Å². The number of amides is 2. The number of halogens is 2. The lowest BCUT2D eigenvalue weighted by atomic mass is 10.1. The summed E-state index contributed by atoms with van der Waals surface area (Å²) >= 11 is 11.9. The predicted molar refractivity (Wildman–Crippen MR) is 108 cm³/mol. The van der Waals surface area contributed by atoms with Crippen molar-refractivity contribution >= 4 is 35.0 Å². The van der Waals surface area contributed by atoms with Crippen molar-refractivity contribution in [2.75, 3.05) is 26.2 Å². The Labute approximate surface area is 169 Å². The highest BCUT2D eigenvalue weighted by molar-refractivity contribution is 6.42. The number of carbonyl (C=O) groups excluding carboxylic acids is 2. The van der Waals surface area contributed by atoms with Gasteiger partial charge in [0.2, 0.25) is 5.91 Å². The fraction of sp³-hybridized carbons (Fsp3) is 0.333. The van der Waals surface area contributed by atoms with Gasteiger partial charge in [0.15, 0.2) is 0 Å². The van der Waals surface area contributed by atoms with Gasteiger partial charge in [-0.05, 0) is 36.6 Å². The normalized spacial score (nSPS) is 14.7. The van der Waals surface area contributed by atoms with Crippen LogP contribution in [0.5, 0.6) is 0 Å². The zero-order chi connectivity index (χ0) is 19.2. The number of aryl methyl sites for hydroxylation is 1. The van der Waals surface area contributed by atoms with Crippen LogP contribution in [0, 0.1) is 0 Å². The smallest absolute Gasteiger partial charge is 0.253 e. The predicted octanol–water partition coefficient (Wildman–Crippen LogP) is 4.30. The second-order valence-electron chi connectivity index (χ2n) is 6.64. The highest BCUT2D eigenvalue weighted by atomic mass is 35.5. The summed E-state index contributed by atoms with van der Waals surface area (Å²) in [6.45, 7) is 2.39. The Bertz CT molecular complexity index is 811. The standard InChI is InChI=1S/C21H22Cl2N2O2/c22-18-9-8-17(15-19(18)23)21(27)25-12-4-11-24(13-14-25)20(26)10-7-16-5-2-1-3-6-16/h1-3,5-6,8-9,15H,4,7,10-14H2. The van der Waals surface area contributed by atoms with Gasteiger partial charge in [-0.1, -0.05) is 53.5 Å². The van der Waals surface area contributed by atoms with Crippen molar-refractivity contribution in [2.45, 2.75) is 19.3 Å². The molecule has 4 nitrogen and oxygen atoms in total. The third kappa shape index (κ3) is 5.24. The van der Waals surface area contributed by atoms with E-state index in [0.29, 0.717) is 48.2 Å². The molecule has 0 bridgehead atoms.